The van der Waals surface area contributed by atoms with Gasteiger partial charge in [-0.15, -0.1) is 11.3 Å². The number of primary amides is 1. The third-order valence-electron chi connectivity index (χ3n) is 4.65. The van der Waals surface area contributed by atoms with E-state index in [-0.39, 0.29) is 12.0 Å². The number of fused-ring (bicyclic) bond motifs is 1. The highest BCUT2D eigenvalue weighted by molar-refractivity contribution is 7.09. The number of carbonyl (C=O) groups excluding carboxylic acids is 2. The summed E-state index contributed by atoms with van der Waals surface area (Å²) in [4.78, 5) is 27.7. The number of thiazole rings is 1. The van der Waals surface area contributed by atoms with E-state index in [1.54, 1.807) is 17.5 Å². The molecule has 0 aliphatic carbocycles. The normalized spacial score (nSPS) is 15.0. The van der Waals surface area contributed by atoms with Crippen LogP contribution in [0.3, 0.4) is 0 Å². The van der Waals surface area contributed by atoms with Gasteiger partial charge in [-0.3, -0.25) is 9.59 Å². The maximum Gasteiger partial charge on any atom is 0.270 e. The van der Waals surface area contributed by atoms with Crippen molar-refractivity contribution in [3.05, 3.63) is 69.7 Å². The van der Waals surface area contributed by atoms with E-state index < -0.39 is 5.91 Å². The molecule has 3 aromatic rings. The molecular weight excluding hydrogens is 374 g/mol. The summed E-state index contributed by atoms with van der Waals surface area (Å²) in [7, 11) is 0. The Bertz CT molecular complexity index is 1040. The predicted octanol–water partition coefficient (Wildman–Crippen LogP) is 2.95. The number of carbonyl (C=O) groups is 2. The first-order valence-electron chi connectivity index (χ1n) is 8.90. The molecule has 2 heterocycles. The quantitative estimate of drug-likeness (QED) is 0.697. The van der Waals surface area contributed by atoms with Gasteiger partial charge in [0.05, 0.1) is 11.6 Å². The first kappa shape index (κ1) is 18.2. The fourth-order valence-corrected chi connectivity index (χ4v) is 3.85. The largest absolute Gasteiger partial charge is 0.487 e. The fraction of sp³-hybridized carbons (Fsp3) is 0.190. The molecule has 1 aliphatic rings. The standard InChI is InChI=1S/C21H19N3O3S/c1-12-24-18(11-28-12)21(26)23-10-16-9-15-3-2-4-17(19(15)27-16)13-5-7-14(8-6-13)20(22)25/h2-8,11,16H,9-10H2,1H3,(H2,22,25)(H,23,26). The molecule has 1 atom stereocenters. The molecule has 28 heavy (non-hydrogen) atoms. The van der Waals surface area contributed by atoms with Gasteiger partial charge in [0, 0.05) is 22.9 Å². The van der Waals surface area contributed by atoms with Crippen LogP contribution >= 0.6 is 11.3 Å². The Morgan fingerprint density at radius 3 is 2.71 bits per heavy atom. The lowest BCUT2D eigenvalue weighted by atomic mass is 9.99. The number of rotatable bonds is 5. The van der Waals surface area contributed by atoms with Gasteiger partial charge < -0.3 is 15.8 Å². The maximum atomic E-state index is 12.2. The summed E-state index contributed by atoms with van der Waals surface area (Å²) in [6.45, 7) is 2.28. The third kappa shape index (κ3) is 3.61. The summed E-state index contributed by atoms with van der Waals surface area (Å²) in [5, 5.41) is 5.51. The highest BCUT2D eigenvalue weighted by Gasteiger charge is 2.26. The van der Waals surface area contributed by atoms with Gasteiger partial charge in [-0.05, 0) is 30.2 Å². The van der Waals surface area contributed by atoms with Crippen molar-refractivity contribution in [1.29, 1.82) is 0 Å². The molecule has 0 bridgehead atoms. The minimum atomic E-state index is -0.452. The topological polar surface area (TPSA) is 94.3 Å². The summed E-state index contributed by atoms with van der Waals surface area (Å²) in [6.07, 6.45) is 0.587. The second-order valence-electron chi connectivity index (χ2n) is 6.64. The molecule has 0 saturated heterocycles. The van der Waals surface area contributed by atoms with Gasteiger partial charge in [0.25, 0.3) is 5.91 Å². The van der Waals surface area contributed by atoms with Gasteiger partial charge in [-0.2, -0.15) is 0 Å². The zero-order valence-corrected chi connectivity index (χ0v) is 16.1. The summed E-state index contributed by atoms with van der Waals surface area (Å²) in [5.41, 5.74) is 9.22. The predicted molar refractivity (Wildman–Crippen MR) is 108 cm³/mol. The van der Waals surface area contributed by atoms with E-state index in [9.17, 15) is 9.59 Å². The van der Waals surface area contributed by atoms with Crippen LogP contribution in [0.15, 0.2) is 47.8 Å². The average Bonchev–Trinajstić information content (AvgIpc) is 3.31. The van der Waals surface area contributed by atoms with Crippen LogP contribution < -0.4 is 15.8 Å². The van der Waals surface area contributed by atoms with Crippen LogP contribution in [0.2, 0.25) is 0 Å². The Morgan fingerprint density at radius 2 is 2.04 bits per heavy atom. The van der Waals surface area contributed by atoms with Crippen LogP contribution in [-0.2, 0) is 6.42 Å². The minimum absolute atomic E-state index is 0.135. The monoisotopic (exact) mass is 393 g/mol. The van der Waals surface area contributed by atoms with Crippen LogP contribution in [0.4, 0.5) is 0 Å². The lowest BCUT2D eigenvalue weighted by Crippen LogP contribution is -2.34. The summed E-state index contributed by atoms with van der Waals surface area (Å²) in [6, 6.07) is 13.1. The van der Waals surface area contributed by atoms with Gasteiger partial charge in [0.15, 0.2) is 0 Å². The molecule has 142 valence electrons. The SMILES string of the molecule is Cc1nc(C(=O)NCC2Cc3cccc(-c4ccc(C(N)=O)cc4)c3O2)cs1. The Kier molecular flexibility index (Phi) is 4.83. The Morgan fingerprint density at radius 1 is 1.25 bits per heavy atom. The van der Waals surface area contributed by atoms with Crippen molar-refractivity contribution in [2.24, 2.45) is 5.73 Å². The van der Waals surface area contributed by atoms with E-state index in [1.807, 2.05) is 37.3 Å². The number of hydrogen-bond donors (Lipinski definition) is 2. The van der Waals surface area contributed by atoms with Gasteiger partial charge in [-0.25, -0.2) is 4.98 Å². The van der Waals surface area contributed by atoms with E-state index in [1.165, 1.54) is 11.3 Å². The van der Waals surface area contributed by atoms with Crippen LogP contribution in [0, 0.1) is 6.92 Å². The number of nitrogens with one attached hydrogen (secondary N) is 1. The molecule has 3 N–H and O–H groups in total. The van der Waals surface area contributed by atoms with Crippen LogP contribution in [-0.4, -0.2) is 29.4 Å². The van der Waals surface area contributed by atoms with Crippen molar-refractivity contribution in [2.75, 3.05) is 6.54 Å². The number of amides is 2. The first-order chi connectivity index (χ1) is 13.5. The van der Waals surface area contributed by atoms with Crippen molar-refractivity contribution >= 4 is 23.2 Å². The molecule has 1 unspecified atom stereocenters. The smallest absolute Gasteiger partial charge is 0.270 e. The van der Waals surface area contributed by atoms with E-state index >= 15 is 0 Å². The number of benzene rings is 2. The van der Waals surface area contributed by atoms with E-state index in [0.29, 0.717) is 17.8 Å². The van der Waals surface area contributed by atoms with Gasteiger partial charge in [-0.1, -0.05) is 30.3 Å². The number of aryl methyl sites for hydroxylation is 1. The molecule has 7 heteroatoms. The average molecular weight is 393 g/mol. The number of nitrogens with zero attached hydrogens (tertiary/aromatic N) is 1. The lowest BCUT2D eigenvalue weighted by molar-refractivity contribution is 0.0928. The maximum absolute atomic E-state index is 12.2. The molecule has 0 fully saturated rings. The number of aromatic nitrogens is 1. The zero-order valence-electron chi connectivity index (χ0n) is 15.3. The van der Waals surface area contributed by atoms with Crippen LogP contribution in [0.25, 0.3) is 11.1 Å². The minimum Gasteiger partial charge on any atom is -0.487 e. The number of nitrogens with two attached hydrogens (primary N) is 1. The summed E-state index contributed by atoms with van der Waals surface area (Å²) >= 11 is 1.45. The molecule has 0 radical (unpaired) electrons. The van der Waals surface area contributed by atoms with Crippen LogP contribution in [0.5, 0.6) is 5.75 Å². The molecule has 4 rings (SSSR count). The van der Waals surface area contributed by atoms with Crippen molar-refractivity contribution < 1.29 is 14.3 Å². The second kappa shape index (κ2) is 7.44. The molecule has 2 aromatic carbocycles. The van der Waals surface area contributed by atoms with E-state index in [0.717, 1.165) is 33.9 Å². The van der Waals surface area contributed by atoms with Crippen molar-refractivity contribution in [3.8, 4) is 16.9 Å². The summed E-state index contributed by atoms with van der Waals surface area (Å²) in [5.74, 6) is 0.177. The second-order valence-corrected chi connectivity index (χ2v) is 7.70. The Hall–Kier alpha value is -3.19. The van der Waals surface area contributed by atoms with E-state index in [4.69, 9.17) is 10.5 Å². The lowest BCUT2D eigenvalue weighted by Gasteiger charge is -2.13. The van der Waals surface area contributed by atoms with Crippen molar-refractivity contribution in [3.63, 3.8) is 0 Å². The number of hydrogen-bond acceptors (Lipinski definition) is 5. The van der Waals surface area contributed by atoms with Gasteiger partial charge in [0.2, 0.25) is 5.91 Å². The molecular formula is C21H19N3O3S. The Balaban J connectivity index is 1.47. The molecule has 1 aromatic heterocycles. The molecule has 2 amide bonds. The van der Waals surface area contributed by atoms with Crippen LogP contribution in [0.1, 0.15) is 31.4 Å². The first-order valence-corrected chi connectivity index (χ1v) is 9.78. The molecule has 0 spiro atoms. The van der Waals surface area contributed by atoms with Crippen molar-refractivity contribution in [1.82, 2.24) is 10.3 Å². The molecule has 1 aliphatic heterocycles. The van der Waals surface area contributed by atoms with Gasteiger partial charge in [0.1, 0.15) is 17.5 Å². The Labute approximate surface area is 166 Å². The fourth-order valence-electron chi connectivity index (χ4n) is 3.26. The van der Waals surface area contributed by atoms with Crippen molar-refractivity contribution in [2.45, 2.75) is 19.4 Å². The zero-order chi connectivity index (χ0) is 19.7. The summed E-state index contributed by atoms with van der Waals surface area (Å²) < 4.78 is 6.14. The third-order valence-corrected chi connectivity index (χ3v) is 5.42. The number of ether oxygens (including phenoxy) is 1. The highest BCUT2D eigenvalue weighted by atomic mass is 32.1. The van der Waals surface area contributed by atoms with Gasteiger partial charge >= 0.3 is 0 Å². The highest BCUT2D eigenvalue weighted by Crippen LogP contribution is 2.38. The number of para-hydroxylation sites is 1. The van der Waals surface area contributed by atoms with E-state index in [2.05, 4.69) is 10.3 Å². The molecule has 0 saturated carbocycles. The molecule has 6 nitrogen and oxygen atoms in total.